The van der Waals surface area contributed by atoms with Gasteiger partial charge in [-0.1, -0.05) is 0 Å². The summed E-state index contributed by atoms with van der Waals surface area (Å²) in [5.74, 6) is 0.807. The number of carbonyl (C=O) groups is 1. The molecular formula is C16H19N3OS. The minimum atomic E-state index is -0.0214. The van der Waals surface area contributed by atoms with E-state index in [0.29, 0.717) is 11.6 Å². The quantitative estimate of drug-likeness (QED) is 0.945. The number of aromatic nitrogens is 1. The molecule has 0 saturated carbocycles. The molecule has 0 spiro atoms. The van der Waals surface area contributed by atoms with Gasteiger partial charge in [-0.15, -0.1) is 11.3 Å². The standard InChI is InChI=1S/C16H19N3OS/c1-19(2)16(20)11-6-7-15(17-10-11)18-13-4-3-5-14-12(13)8-9-21-14/h6-10,13H,3-5H2,1-2H3,(H,17,18). The average Bonchev–Trinajstić information content (AvgIpc) is 2.97. The molecule has 1 N–H and O–H groups in total. The number of pyridine rings is 1. The number of aryl methyl sites for hydroxylation is 1. The van der Waals surface area contributed by atoms with Gasteiger partial charge in [0.15, 0.2) is 0 Å². The molecule has 1 amide bonds. The first-order valence-electron chi connectivity index (χ1n) is 7.15. The zero-order valence-electron chi connectivity index (χ0n) is 12.3. The molecule has 21 heavy (non-hydrogen) atoms. The van der Waals surface area contributed by atoms with Gasteiger partial charge >= 0.3 is 0 Å². The highest BCUT2D eigenvalue weighted by atomic mass is 32.1. The molecule has 0 saturated heterocycles. The number of rotatable bonds is 3. The van der Waals surface area contributed by atoms with Crippen molar-refractivity contribution in [3.05, 3.63) is 45.8 Å². The van der Waals surface area contributed by atoms with Crippen molar-refractivity contribution < 1.29 is 4.79 Å². The maximum absolute atomic E-state index is 11.8. The molecule has 2 aromatic heterocycles. The molecule has 2 heterocycles. The van der Waals surface area contributed by atoms with Crippen molar-refractivity contribution in [1.82, 2.24) is 9.88 Å². The number of fused-ring (bicyclic) bond motifs is 1. The predicted octanol–water partition coefficient (Wildman–Crippen LogP) is 3.33. The summed E-state index contributed by atoms with van der Waals surface area (Å²) in [4.78, 5) is 19.3. The summed E-state index contributed by atoms with van der Waals surface area (Å²) >= 11 is 1.84. The maximum atomic E-state index is 11.8. The number of nitrogens with one attached hydrogen (secondary N) is 1. The molecule has 1 unspecified atom stereocenters. The van der Waals surface area contributed by atoms with Gasteiger partial charge in [0.1, 0.15) is 5.82 Å². The average molecular weight is 301 g/mol. The van der Waals surface area contributed by atoms with Crippen LogP contribution in [0.1, 0.15) is 39.7 Å². The summed E-state index contributed by atoms with van der Waals surface area (Å²) in [6.07, 6.45) is 5.17. The summed E-state index contributed by atoms with van der Waals surface area (Å²) in [6.45, 7) is 0. The third-order valence-electron chi connectivity index (χ3n) is 3.79. The number of carbonyl (C=O) groups excluding carboxylic acids is 1. The van der Waals surface area contributed by atoms with Crippen LogP contribution in [-0.2, 0) is 6.42 Å². The van der Waals surface area contributed by atoms with E-state index in [1.54, 1.807) is 25.2 Å². The first-order valence-corrected chi connectivity index (χ1v) is 8.03. The fraction of sp³-hybridized carbons (Fsp3) is 0.375. The lowest BCUT2D eigenvalue weighted by Gasteiger charge is -2.24. The highest BCUT2D eigenvalue weighted by Crippen LogP contribution is 2.35. The molecule has 110 valence electrons. The van der Waals surface area contributed by atoms with Gasteiger partial charge in [-0.3, -0.25) is 4.79 Å². The summed E-state index contributed by atoms with van der Waals surface area (Å²) in [5.41, 5.74) is 2.02. The van der Waals surface area contributed by atoms with Gasteiger partial charge in [0.05, 0.1) is 11.6 Å². The highest BCUT2D eigenvalue weighted by Gasteiger charge is 2.21. The largest absolute Gasteiger partial charge is 0.363 e. The number of nitrogens with zero attached hydrogens (tertiary/aromatic N) is 2. The third kappa shape index (κ3) is 2.93. The zero-order valence-corrected chi connectivity index (χ0v) is 13.1. The van der Waals surface area contributed by atoms with Gasteiger partial charge in [-0.05, 0) is 48.4 Å². The van der Waals surface area contributed by atoms with E-state index >= 15 is 0 Å². The summed E-state index contributed by atoms with van der Waals surface area (Å²) in [7, 11) is 3.49. The van der Waals surface area contributed by atoms with E-state index in [1.165, 1.54) is 23.3 Å². The lowest BCUT2D eigenvalue weighted by atomic mass is 9.94. The van der Waals surface area contributed by atoms with Crippen LogP contribution >= 0.6 is 11.3 Å². The molecule has 0 aromatic carbocycles. The zero-order chi connectivity index (χ0) is 14.8. The van der Waals surface area contributed by atoms with Gasteiger partial charge < -0.3 is 10.2 Å². The van der Waals surface area contributed by atoms with Crippen molar-refractivity contribution in [3.63, 3.8) is 0 Å². The smallest absolute Gasteiger partial charge is 0.254 e. The number of thiophene rings is 1. The van der Waals surface area contributed by atoms with Crippen molar-refractivity contribution in [2.45, 2.75) is 25.3 Å². The Kier molecular flexibility index (Phi) is 3.92. The number of hydrogen-bond donors (Lipinski definition) is 1. The minimum absolute atomic E-state index is 0.0214. The second-order valence-electron chi connectivity index (χ2n) is 5.52. The van der Waals surface area contributed by atoms with Crippen LogP contribution in [0.3, 0.4) is 0 Å². The van der Waals surface area contributed by atoms with Crippen LogP contribution in [0.4, 0.5) is 5.82 Å². The molecule has 1 aliphatic carbocycles. The second-order valence-corrected chi connectivity index (χ2v) is 6.52. The fourth-order valence-corrected chi connectivity index (χ4v) is 3.67. The molecule has 0 radical (unpaired) electrons. The van der Waals surface area contributed by atoms with Crippen LogP contribution in [-0.4, -0.2) is 29.9 Å². The maximum Gasteiger partial charge on any atom is 0.254 e. The van der Waals surface area contributed by atoms with Crippen molar-refractivity contribution in [2.75, 3.05) is 19.4 Å². The Morgan fingerprint density at radius 2 is 2.24 bits per heavy atom. The van der Waals surface area contributed by atoms with Crippen molar-refractivity contribution in [1.29, 1.82) is 0 Å². The van der Waals surface area contributed by atoms with Crippen LogP contribution in [0.15, 0.2) is 29.8 Å². The first kappa shape index (κ1) is 14.1. The molecule has 0 fully saturated rings. The molecular weight excluding hydrogens is 282 g/mol. The second kappa shape index (κ2) is 5.85. The Bertz CT molecular complexity index is 633. The molecule has 0 aliphatic heterocycles. The molecule has 4 nitrogen and oxygen atoms in total. The van der Waals surface area contributed by atoms with E-state index in [2.05, 4.69) is 21.7 Å². The van der Waals surface area contributed by atoms with E-state index in [0.717, 1.165) is 12.2 Å². The fourth-order valence-electron chi connectivity index (χ4n) is 2.68. The Morgan fingerprint density at radius 3 is 2.95 bits per heavy atom. The lowest BCUT2D eigenvalue weighted by Crippen LogP contribution is -2.22. The van der Waals surface area contributed by atoms with Crippen LogP contribution in [0.25, 0.3) is 0 Å². The van der Waals surface area contributed by atoms with Crippen molar-refractivity contribution in [3.8, 4) is 0 Å². The molecule has 0 bridgehead atoms. The Balaban J connectivity index is 1.74. The first-order chi connectivity index (χ1) is 10.1. The van der Waals surface area contributed by atoms with E-state index in [4.69, 9.17) is 0 Å². The Labute approximate surface area is 128 Å². The normalized spacial score (nSPS) is 17.1. The predicted molar refractivity (Wildman–Crippen MR) is 85.9 cm³/mol. The molecule has 3 rings (SSSR count). The highest BCUT2D eigenvalue weighted by molar-refractivity contribution is 7.10. The van der Waals surface area contributed by atoms with Crippen LogP contribution in [0.2, 0.25) is 0 Å². The summed E-state index contributed by atoms with van der Waals surface area (Å²) in [6, 6.07) is 6.26. The molecule has 1 aliphatic rings. The lowest BCUT2D eigenvalue weighted by molar-refractivity contribution is 0.0827. The Morgan fingerprint density at radius 1 is 1.38 bits per heavy atom. The SMILES string of the molecule is CN(C)C(=O)c1ccc(NC2CCCc3sccc32)nc1. The van der Waals surface area contributed by atoms with Gasteiger partial charge in [-0.25, -0.2) is 4.98 Å². The van der Waals surface area contributed by atoms with Crippen LogP contribution < -0.4 is 5.32 Å². The molecule has 2 aromatic rings. The molecule has 5 heteroatoms. The van der Waals surface area contributed by atoms with Crippen molar-refractivity contribution >= 4 is 23.1 Å². The number of hydrogen-bond acceptors (Lipinski definition) is 4. The monoisotopic (exact) mass is 301 g/mol. The van der Waals surface area contributed by atoms with Crippen LogP contribution in [0, 0.1) is 0 Å². The number of anilines is 1. The third-order valence-corrected chi connectivity index (χ3v) is 4.79. The van der Waals surface area contributed by atoms with E-state index in [1.807, 2.05) is 23.5 Å². The Hall–Kier alpha value is -1.88. The summed E-state index contributed by atoms with van der Waals surface area (Å²) in [5, 5.41) is 5.65. The van der Waals surface area contributed by atoms with E-state index < -0.39 is 0 Å². The number of amides is 1. The van der Waals surface area contributed by atoms with Gasteiger partial charge in [0.2, 0.25) is 0 Å². The minimum Gasteiger partial charge on any atom is -0.363 e. The molecule has 1 atom stereocenters. The van der Waals surface area contributed by atoms with Gasteiger partial charge in [0, 0.05) is 25.2 Å². The van der Waals surface area contributed by atoms with Gasteiger partial charge in [-0.2, -0.15) is 0 Å². The summed E-state index contributed by atoms with van der Waals surface area (Å²) < 4.78 is 0. The van der Waals surface area contributed by atoms with E-state index in [-0.39, 0.29) is 5.91 Å². The topological polar surface area (TPSA) is 45.2 Å². The van der Waals surface area contributed by atoms with Gasteiger partial charge in [0.25, 0.3) is 5.91 Å². The van der Waals surface area contributed by atoms with E-state index in [9.17, 15) is 4.79 Å². The van der Waals surface area contributed by atoms with Crippen LogP contribution in [0.5, 0.6) is 0 Å². The van der Waals surface area contributed by atoms with Crippen molar-refractivity contribution in [2.24, 2.45) is 0 Å².